The second-order valence-electron chi connectivity index (χ2n) is 9.43. The Labute approximate surface area is 222 Å². The number of benzene rings is 3. The maximum Gasteiger partial charge on any atom is 0.332 e. The average Bonchev–Trinajstić information content (AvgIpc) is 3.28. The van der Waals surface area contributed by atoms with Crippen molar-refractivity contribution >= 4 is 17.8 Å². The smallest absolute Gasteiger partial charge is 0.332 e. The molecule has 0 radical (unpaired) electrons. The molecule has 0 unspecified atom stereocenters. The maximum absolute atomic E-state index is 13.8. The number of hydrogen-bond donors (Lipinski definition) is 1. The van der Waals surface area contributed by atoms with E-state index in [1.54, 1.807) is 29.0 Å². The molecule has 2 aliphatic rings. The number of fused-ring (bicyclic) bond motifs is 1. The van der Waals surface area contributed by atoms with Gasteiger partial charge < -0.3 is 19.9 Å². The van der Waals surface area contributed by atoms with Gasteiger partial charge in [-0.25, -0.2) is 4.79 Å². The molecule has 9 heteroatoms. The van der Waals surface area contributed by atoms with E-state index in [0.29, 0.717) is 13.1 Å². The van der Waals surface area contributed by atoms with Crippen LogP contribution in [0.5, 0.6) is 5.75 Å². The van der Waals surface area contributed by atoms with Crippen molar-refractivity contribution in [2.45, 2.75) is 25.3 Å². The highest BCUT2D eigenvalue weighted by molar-refractivity contribution is 5.92. The lowest BCUT2D eigenvalue weighted by Crippen LogP contribution is -2.62. The van der Waals surface area contributed by atoms with Crippen molar-refractivity contribution in [3.63, 3.8) is 0 Å². The first-order chi connectivity index (χ1) is 18.5. The summed E-state index contributed by atoms with van der Waals surface area (Å²) >= 11 is 0. The molecule has 1 N–H and O–H groups in total. The molecule has 2 fully saturated rings. The molecule has 3 aromatic rings. The number of hydrazine groups is 1. The number of methoxy groups -OCH3 is 1. The predicted molar refractivity (Wildman–Crippen MR) is 141 cm³/mol. The van der Waals surface area contributed by atoms with Crippen LogP contribution in [0.3, 0.4) is 0 Å². The molecule has 2 aliphatic heterocycles. The lowest BCUT2D eigenvalue weighted by Gasteiger charge is -2.45. The summed E-state index contributed by atoms with van der Waals surface area (Å²) in [5.74, 6) is 0.404. The predicted octanol–water partition coefficient (Wildman–Crippen LogP) is 3.01. The minimum atomic E-state index is -0.772. The number of ether oxygens (including phenoxy) is 1. The first kappa shape index (κ1) is 25.3. The number of piperazine rings is 1. The molecule has 0 saturated carbocycles. The Morgan fingerprint density at radius 2 is 1.61 bits per heavy atom. The molecule has 0 spiro atoms. The van der Waals surface area contributed by atoms with Gasteiger partial charge in [0.25, 0.3) is 5.91 Å². The van der Waals surface area contributed by atoms with Crippen molar-refractivity contribution in [3.05, 3.63) is 102 Å². The van der Waals surface area contributed by atoms with E-state index < -0.39 is 12.2 Å². The molecule has 2 atom stereocenters. The van der Waals surface area contributed by atoms with E-state index in [-0.39, 0.29) is 30.9 Å². The molecule has 2 heterocycles. The molecule has 0 bridgehead atoms. The number of nitrogens with one attached hydrogen (secondary N) is 1. The minimum Gasteiger partial charge on any atom is -0.497 e. The molecule has 0 aliphatic carbocycles. The van der Waals surface area contributed by atoms with Gasteiger partial charge in [0.05, 0.1) is 20.2 Å². The van der Waals surface area contributed by atoms with Gasteiger partial charge in [-0.3, -0.25) is 14.6 Å². The highest BCUT2D eigenvalue weighted by Gasteiger charge is 2.52. The molecule has 9 nitrogen and oxygen atoms in total. The van der Waals surface area contributed by atoms with Crippen molar-refractivity contribution in [2.75, 3.05) is 27.2 Å². The van der Waals surface area contributed by atoms with E-state index in [1.807, 2.05) is 84.9 Å². The van der Waals surface area contributed by atoms with Crippen LogP contribution in [0.1, 0.15) is 22.7 Å². The summed E-state index contributed by atoms with van der Waals surface area (Å²) in [5.41, 5.74) is 2.67. The number of urea groups is 1. The van der Waals surface area contributed by atoms with Crippen LogP contribution in [0.25, 0.3) is 0 Å². The van der Waals surface area contributed by atoms with Gasteiger partial charge in [0, 0.05) is 20.1 Å². The third-order valence-electron chi connectivity index (χ3n) is 7.07. The topological polar surface area (TPSA) is 85.4 Å². The molecule has 38 heavy (non-hydrogen) atoms. The van der Waals surface area contributed by atoms with Crippen LogP contribution in [0.4, 0.5) is 4.79 Å². The van der Waals surface area contributed by atoms with Crippen LogP contribution in [-0.2, 0) is 22.7 Å². The highest BCUT2D eigenvalue weighted by atomic mass is 16.5. The van der Waals surface area contributed by atoms with Gasteiger partial charge in [0.2, 0.25) is 5.91 Å². The van der Waals surface area contributed by atoms with Crippen LogP contribution in [0.15, 0.2) is 84.9 Å². The normalized spacial score (nSPS) is 19.3. The van der Waals surface area contributed by atoms with Crippen LogP contribution < -0.4 is 10.1 Å². The Hall–Kier alpha value is -4.37. The average molecular weight is 514 g/mol. The standard InChI is InChI=1S/C29H31N5O4/c1-31(29(37)30-17-21-9-5-3-6-10-21)33-20-26(35)34-25(33)19-32(18-22-13-15-24(38-2)16-14-22)28(36)27(34)23-11-7-4-8-12-23/h3-16,25,27H,17-20H2,1-2H3,(H,30,37)/t25-,27+/m1/s1. The number of rotatable bonds is 7. The van der Waals surface area contributed by atoms with E-state index in [2.05, 4.69) is 5.32 Å². The van der Waals surface area contributed by atoms with E-state index in [0.717, 1.165) is 22.4 Å². The number of hydrogen-bond acceptors (Lipinski definition) is 5. The third kappa shape index (κ3) is 5.05. The summed E-state index contributed by atoms with van der Waals surface area (Å²) in [6.07, 6.45) is -0.490. The molecule has 5 rings (SSSR count). The van der Waals surface area contributed by atoms with Crippen molar-refractivity contribution in [3.8, 4) is 5.75 Å². The number of nitrogens with zero attached hydrogens (tertiary/aromatic N) is 4. The molecule has 0 aromatic heterocycles. The van der Waals surface area contributed by atoms with Gasteiger partial charge in [0.15, 0.2) is 0 Å². The highest BCUT2D eigenvalue weighted by Crippen LogP contribution is 2.36. The van der Waals surface area contributed by atoms with Gasteiger partial charge >= 0.3 is 6.03 Å². The molecule has 196 valence electrons. The third-order valence-corrected chi connectivity index (χ3v) is 7.07. The first-order valence-electron chi connectivity index (χ1n) is 12.6. The summed E-state index contributed by atoms with van der Waals surface area (Å²) < 4.78 is 5.26. The monoisotopic (exact) mass is 513 g/mol. The number of carbonyl (C=O) groups is 3. The molecule has 3 aromatic carbocycles. The Morgan fingerprint density at radius 1 is 0.947 bits per heavy atom. The van der Waals surface area contributed by atoms with E-state index >= 15 is 0 Å². The fourth-order valence-corrected chi connectivity index (χ4v) is 5.06. The molecular formula is C29H31N5O4. The van der Waals surface area contributed by atoms with Crippen LogP contribution in [-0.4, -0.2) is 71.1 Å². The second kappa shape index (κ2) is 10.9. The van der Waals surface area contributed by atoms with Crippen molar-refractivity contribution in [1.29, 1.82) is 0 Å². The summed E-state index contributed by atoms with van der Waals surface area (Å²) in [6.45, 7) is 1.03. The maximum atomic E-state index is 13.8. The Morgan fingerprint density at radius 3 is 2.26 bits per heavy atom. The van der Waals surface area contributed by atoms with Gasteiger partial charge in [-0.2, -0.15) is 5.01 Å². The SMILES string of the molecule is COc1ccc(CN2C[C@H]3N(C(=O)CN3N(C)C(=O)NCc3ccccc3)[C@@H](c3ccccc3)C2=O)cc1. The van der Waals surface area contributed by atoms with Crippen LogP contribution >= 0.6 is 0 Å². The largest absolute Gasteiger partial charge is 0.497 e. The lowest BCUT2D eigenvalue weighted by atomic mass is 10.00. The zero-order chi connectivity index (χ0) is 26.6. The van der Waals surface area contributed by atoms with Crippen LogP contribution in [0, 0.1) is 0 Å². The van der Waals surface area contributed by atoms with Crippen LogP contribution in [0.2, 0.25) is 0 Å². The van der Waals surface area contributed by atoms with Gasteiger partial charge in [-0.1, -0.05) is 72.8 Å². The Balaban J connectivity index is 1.40. The quantitative estimate of drug-likeness (QED) is 0.525. The van der Waals surface area contributed by atoms with Crippen molar-refractivity contribution in [1.82, 2.24) is 25.1 Å². The molecule has 2 saturated heterocycles. The summed E-state index contributed by atoms with van der Waals surface area (Å²) in [5, 5.41) is 6.12. The molecule has 4 amide bonds. The minimum absolute atomic E-state index is 0.00686. The fourth-order valence-electron chi connectivity index (χ4n) is 5.06. The van der Waals surface area contributed by atoms with Gasteiger partial charge in [0.1, 0.15) is 18.0 Å². The number of amides is 4. The zero-order valence-electron chi connectivity index (χ0n) is 21.5. The summed E-state index contributed by atoms with van der Waals surface area (Å²) in [4.78, 5) is 43.6. The zero-order valence-corrected chi connectivity index (χ0v) is 21.5. The van der Waals surface area contributed by atoms with Crippen molar-refractivity contribution in [2.24, 2.45) is 0 Å². The Bertz CT molecular complexity index is 1290. The van der Waals surface area contributed by atoms with Gasteiger partial charge in [-0.05, 0) is 28.8 Å². The first-order valence-corrected chi connectivity index (χ1v) is 12.6. The van der Waals surface area contributed by atoms with E-state index in [4.69, 9.17) is 4.74 Å². The fraction of sp³-hybridized carbons (Fsp3) is 0.276. The molecular weight excluding hydrogens is 482 g/mol. The Kier molecular flexibility index (Phi) is 7.28. The van der Waals surface area contributed by atoms with E-state index in [1.165, 1.54) is 5.01 Å². The summed E-state index contributed by atoms with van der Waals surface area (Å²) in [7, 11) is 3.26. The lowest BCUT2D eigenvalue weighted by molar-refractivity contribution is -0.157. The van der Waals surface area contributed by atoms with Gasteiger partial charge in [-0.15, -0.1) is 0 Å². The van der Waals surface area contributed by atoms with Crippen molar-refractivity contribution < 1.29 is 19.1 Å². The number of carbonyl (C=O) groups excluding carboxylic acids is 3. The summed E-state index contributed by atoms with van der Waals surface area (Å²) in [6, 6.07) is 25.5. The van der Waals surface area contributed by atoms with E-state index in [9.17, 15) is 14.4 Å². The second-order valence-corrected chi connectivity index (χ2v) is 9.43.